The van der Waals surface area contributed by atoms with Gasteiger partial charge in [0.25, 0.3) is 11.6 Å². The van der Waals surface area contributed by atoms with Crippen molar-refractivity contribution in [3.05, 3.63) is 39.7 Å². The number of nitro groups is 1. The third kappa shape index (κ3) is 5.22. The molecule has 0 aromatic heterocycles. The van der Waals surface area contributed by atoms with E-state index in [1.165, 1.54) is 4.90 Å². The van der Waals surface area contributed by atoms with Gasteiger partial charge in [-0.3, -0.25) is 24.6 Å². The summed E-state index contributed by atoms with van der Waals surface area (Å²) in [5, 5.41) is 10.7. The molecule has 0 N–H and O–H groups in total. The van der Waals surface area contributed by atoms with Crippen LogP contribution in [0, 0.1) is 15.9 Å². The summed E-state index contributed by atoms with van der Waals surface area (Å²) in [5.74, 6) is -1.33. The molecule has 0 unspecified atom stereocenters. The van der Waals surface area contributed by atoms with Crippen molar-refractivity contribution in [2.24, 2.45) is 0 Å². The van der Waals surface area contributed by atoms with Gasteiger partial charge in [0.15, 0.2) is 0 Å². The number of hydrogen-bond donors (Lipinski definition) is 0. The molecule has 8 nitrogen and oxygen atoms in total. The molecule has 0 atom stereocenters. The van der Waals surface area contributed by atoms with Crippen molar-refractivity contribution in [3.8, 4) is 0 Å². The first-order chi connectivity index (χ1) is 12.9. The average Bonchev–Trinajstić information content (AvgIpc) is 2.87. The van der Waals surface area contributed by atoms with Gasteiger partial charge in [0, 0.05) is 45.3 Å². The lowest BCUT2D eigenvalue weighted by Crippen LogP contribution is -2.42. The second-order valence-corrected chi connectivity index (χ2v) is 6.41. The van der Waals surface area contributed by atoms with Crippen molar-refractivity contribution in [2.45, 2.75) is 20.3 Å². The van der Waals surface area contributed by atoms with Crippen molar-refractivity contribution in [3.63, 3.8) is 0 Å². The van der Waals surface area contributed by atoms with E-state index in [4.69, 9.17) is 0 Å². The van der Waals surface area contributed by atoms with Gasteiger partial charge < -0.3 is 9.80 Å². The number of nitrogens with zero attached hydrogens (tertiary/aromatic N) is 4. The molecule has 0 spiro atoms. The summed E-state index contributed by atoms with van der Waals surface area (Å²) in [4.78, 5) is 40.2. The second-order valence-electron chi connectivity index (χ2n) is 6.41. The van der Waals surface area contributed by atoms with Gasteiger partial charge in [-0.1, -0.05) is 0 Å². The topological polar surface area (TPSA) is 87.0 Å². The van der Waals surface area contributed by atoms with Gasteiger partial charge in [-0.05, 0) is 26.3 Å². The van der Waals surface area contributed by atoms with Crippen molar-refractivity contribution in [2.75, 3.05) is 45.8 Å². The van der Waals surface area contributed by atoms with Crippen LogP contribution >= 0.6 is 0 Å². The summed E-state index contributed by atoms with van der Waals surface area (Å²) in [6.45, 7) is 7.51. The van der Waals surface area contributed by atoms with Crippen LogP contribution in [0.15, 0.2) is 18.2 Å². The van der Waals surface area contributed by atoms with Crippen LogP contribution in [0.3, 0.4) is 0 Å². The van der Waals surface area contributed by atoms with E-state index in [-0.39, 0.29) is 17.2 Å². The molecule has 1 heterocycles. The zero-order valence-electron chi connectivity index (χ0n) is 15.7. The lowest BCUT2D eigenvalue weighted by Gasteiger charge is -2.25. The molecule has 1 fully saturated rings. The van der Waals surface area contributed by atoms with Gasteiger partial charge >= 0.3 is 0 Å². The Hall–Kier alpha value is -2.55. The Kier molecular flexibility index (Phi) is 7.23. The maximum Gasteiger partial charge on any atom is 0.272 e. The first-order valence-electron chi connectivity index (χ1n) is 9.10. The van der Waals surface area contributed by atoms with Gasteiger partial charge in [0.05, 0.1) is 23.1 Å². The van der Waals surface area contributed by atoms with Crippen LogP contribution in [0.1, 0.15) is 30.6 Å². The molecule has 0 bridgehead atoms. The van der Waals surface area contributed by atoms with E-state index >= 15 is 0 Å². The minimum Gasteiger partial charge on any atom is -0.342 e. The first kappa shape index (κ1) is 20.8. The molecule has 0 aliphatic carbocycles. The van der Waals surface area contributed by atoms with Crippen LogP contribution in [0.2, 0.25) is 0 Å². The maximum atomic E-state index is 14.1. The van der Waals surface area contributed by atoms with Crippen molar-refractivity contribution in [1.82, 2.24) is 14.7 Å². The molecule has 1 aliphatic heterocycles. The highest BCUT2D eigenvalue weighted by Gasteiger charge is 2.25. The summed E-state index contributed by atoms with van der Waals surface area (Å²) in [5.41, 5.74) is -0.561. The Morgan fingerprint density at radius 1 is 1.19 bits per heavy atom. The molecule has 1 aromatic carbocycles. The molecule has 2 rings (SSSR count). The SMILES string of the molecule is CCN(CC)C(=O)CN1CCCN(C(=O)c2ccc([N+](=O)[O-])cc2F)CC1. The van der Waals surface area contributed by atoms with Crippen LogP contribution < -0.4 is 0 Å². The largest absolute Gasteiger partial charge is 0.342 e. The molecular formula is C18H25FN4O4. The normalized spacial score (nSPS) is 15.3. The van der Waals surface area contributed by atoms with Crippen LogP contribution in [0.25, 0.3) is 0 Å². The highest BCUT2D eigenvalue weighted by molar-refractivity contribution is 5.94. The summed E-state index contributed by atoms with van der Waals surface area (Å²) >= 11 is 0. The van der Waals surface area contributed by atoms with E-state index in [1.807, 2.05) is 18.7 Å². The number of nitro benzene ring substituents is 1. The van der Waals surface area contributed by atoms with Crippen LogP contribution in [-0.2, 0) is 4.79 Å². The third-order valence-electron chi connectivity index (χ3n) is 4.74. The van der Waals surface area contributed by atoms with E-state index < -0.39 is 16.6 Å². The van der Waals surface area contributed by atoms with E-state index in [2.05, 4.69) is 0 Å². The van der Waals surface area contributed by atoms with Gasteiger partial charge in [-0.25, -0.2) is 4.39 Å². The number of rotatable bonds is 6. The number of carbonyl (C=O) groups is 2. The molecule has 1 aliphatic rings. The summed E-state index contributed by atoms with van der Waals surface area (Å²) in [7, 11) is 0. The Bertz CT molecular complexity index is 709. The Labute approximate surface area is 157 Å². The van der Waals surface area contributed by atoms with Crippen molar-refractivity contribution >= 4 is 17.5 Å². The maximum absolute atomic E-state index is 14.1. The van der Waals surface area contributed by atoms with E-state index in [0.717, 1.165) is 18.2 Å². The number of hydrogen-bond acceptors (Lipinski definition) is 5. The van der Waals surface area contributed by atoms with Crippen LogP contribution in [0.4, 0.5) is 10.1 Å². The number of likely N-dealkylation sites (N-methyl/N-ethyl adjacent to an activating group) is 1. The Balaban J connectivity index is 2.00. The van der Waals surface area contributed by atoms with Gasteiger partial charge in [-0.15, -0.1) is 0 Å². The van der Waals surface area contributed by atoms with Gasteiger partial charge in [-0.2, -0.15) is 0 Å². The predicted octanol–water partition coefficient (Wildman–Crippen LogP) is 1.75. The minimum atomic E-state index is -0.896. The fourth-order valence-electron chi connectivity index (χ4n) is 3.16. The molecular weight excluding hydrogens is 355 g/mol. The quantitative estimate of drug-likeness (QED) is 0.554. The first-order valence-corrected chi connectivity index (χ1v) is 9.10. The molecule has 148 valence electrons. The molecule has 0 saturated carbocycles. The standard InChI is InChI=1S/C18H25FN4O4/c1-3-21(4-2)17(24)13-20-8-5-9-22(11-10-20)18(25)15-7-6-14(23(26)27)12-16(15)19/h6-7,12H,3-5,8-11,13H2,1-2H3. The lowest BCUT2D eigenvalue weighted by molar-refractivity contribution is -0.385. The number of halogens is 1. The molecule has 27 heavy (non-hydrogen) atoms. The van der Waals surface area contributed by atoms with E-state index in [1.54, 1.807) is 4.90 Å². The highest BCUT2D eigenvalue weighted by Crippen LogP contribution is 2.19. The Morgan fingerprint density at radius 2 is 1.89 bits per heavy atom. The number of benzene rings is 1. The molecule has 1 saturated heterocycles. The summed E-state index contributed by atoms with van der Waals surface area (Å²) in [6, 6.07) is 3.05. The average molecular weight is 380 g/mol. The van der Waals surface area contributed by atoms with E-state index in [9.17, 15) is 24.1 Å². The smallest absolute Gasteiger partial charge is 0.272 e. The zero-order valence-corrected chi connectivity index (χ0v) is 15.7. The molecule has 0 radical (unpaired) electrons. The second kappa shape index (κ2) is 9.40. The number of carbonyl (C=O) groups excluding carboxylic acids is 2. The van der Waals surface area contributed by atoms with Gasteiger partial charge in [0.1, 0.15) is 5.82 Å². The molecule has 2 amide bonds. The Morgan fingerprint density at radius 3 is 2.48 bits per heavy atom. The number of non-ortho nitro benzene ring substituents is 1. The summed E-state index contributed by atoms with van der Waals surface area (Å²) < 4.78 is 14.1. The lowest BCUT2D eigenvalue weighted by atomic mass is 10.1. The third-order valence-corrected chi connectivity index (χ3v) is 4.74. The van der Waals surface area contributed by atoms with Crippen LogP contribution in [0.5, 0.6) is 0 Å². The predicted molar refractivity (Wildman–Crippen MR) is 97.9 cm³/mol. The molecule has 1 aromatic rings. The molecule has 9 heteroatoms. The fraction of sp³-hybridized carbons (Fsp3) is 0.556. The van der Waals surface area contributed by atoms with Crippen molar-refractivity contribution in [1.29, 1.82) is 0 Å². The van der Waals surface area contributed by atoms with Crippen LogP contribution in [-0.4, -0.2) is 77.3 Å². The number of amides is 2. The fourth-order valence-corrected chi connectivity index (χ4v) is 3.16. The van der Waals surface area contributed by atoms with Crippen molar-refractivity contribution < 1.29 is 18.9 Å². The highest BCUT2D eigenvalue weighted by atomic mass is 19.1. The monoisotopic (exact) mass is 380 g/mol. The zero-order chi connectivity index (χ0) is 20.0. The minimum absolute atomic E-state index is 0.0567. The van der Waals surface area contributed by atoms with E-state index in [0.29, 0.717) is 52.2 Å². The van der Waals surface area contributed by atoms with Gasteiger partial charge in [0.2, 0.25) is 5.91 Å². The summed E-state index contributed by atoms with van der Waals surface area (Å²) in [6.07, 6.45) is 0.672.